The van der Waals surface area contributed by atoms with Gasteiger partial charge in [0.15, 0.2) is 17.5 Å². The van der Waals surface area contributed by atoms with Crippen molar-refractivity contribution in [3.05, 3.63) is 217 Å². The minimum Gasteiger partial charge on any atom is -0.456 e. The molecule has 0 amide bonds. The number of furan rings is 1. The Balaban J connectivity index is 0.871. The summed E-state index contributed by atoms with van der Waals surface area (Å²) < 4.78 is 8.72. The van der Waals surface area contributed by atoms with Crippen LogP contribution in [0.3, 0.4) is 0 Å². The topological polar surface area (TPSA) is 56.7 Å². The summed E-state index contributed by atoms with van der Waals surface area (Å²) in [6.45, 7) is 4.82. The van der Waals surface area contributed by atoms with Crippen LogP contribution in [0.15, 0.2) is 211 Å². The highest BCUT2D eigenvalue weighted by Gasteiger charge is 2.42. The molecular formula is C64H40N4O. The van der Waals surface area contributed by atoms with Gasteiger partial charge < -0.3 is 8.98 Å². The first-order valence-electron chi connectivity index (χ1n) is 23.7. The molecule has 2 aliphatic rings. The van der Waals surface area contributed by atoms with Crippen LogP contribution in [0.2, 0.25) is 0 Å². The number of fused-ring (bicyclic) bond motifs is 10. The third-order valence-electron chi connectivity index (χ3n) is 15.0. The Labute approximate surface area is 397 Å². The predicted molar refractivity (Wildman–Crippen MR) is 283 cm³/mol. The zero-order chi connectivity index (χ0) is 45.5. The number of rotatable bonds is 5. The van der Waals surface area contributed by atoms with Crippen molar-refractivity contribution in [2.45, 2.75) is 19.3 Å². The second kappa shape index (κ2) is 14.0. The Bertz CT molecular complexity index is 4330. The average Bonchev–Trinajstić information content (AvgIpc) is 4.00. The van der Waals surface area contributed by atoms with E-state index in [0.29, 0.717) is 17.5 Å². The van der Waals surface area contributed by atoms with E-state index >= 15 is 0 Å². The first-order chi connectivity index (χ1) is 33.9. The van der Waals surface area contributed by atoms with E-state index in [9.17, 15) is 0 Å². The van der Waals surface area contributed by atoms with Gasteiger partial charge in [0.25, 0.3) is 0 Å². The number of hydrogen-bond donors (Lipinski definition) is 0. The first-order valence-corrected chi connectivity index (χ1v) is 23.7. The van der Waals surface area contributed by atoms with Crippen LogP contribution in [0, 0.1) is 0 Å². The van der Waals surface area contributed by atoms with Crippen molar-refractivity contribution in [1.29, 1.82) is 0 Å². The molecule has 0 saturated carbocycles. The third-order valence-corrected chi connectivity index (χ3v) is 15.0. The Morgan fingerprint density at radius 1 is 0.391 bits per heavy atom. The summed E-state index contributed by atoms with van der Waals surface area (Å²) in [5.74, 6) is 1.84. The zero-order valence-corrected chi connectivity index (χ0v) is 37.8. The number of hydrogen-bond acceptors (Lipinski definition) is 4. The fourth-order valence-corrected chi connectivity index (χ4v) is 11.7. The van der Waals surface area contributed by atoms with Gasteiger partial charge in [0.2, 0.25) is 0 Å². The largest absolute Gasteiger partial charge is 0.456 e. The maximum Gasteiger partial charge on any atom is 0.164 e. The highest BCUT2D eigenvalue weighted by atomic mass is 16.3. The smallest absolute Gasteiger partial charge is 0.164 e. The molecule has 15 rings (SSSR count). The van der Waals surface area contributed by atoms with Gasteiger partial charge in [-0.05, 0) is 104 Å². The maximum atomic E-state index is 6.20. The molecule has 4 heterocycles. The minimum atomic E-state index is -0.234. The molecule has 1 aliphatic carbocycles. The molecule has 0 bridgehead atoms. The Morgan fingerprint density at radius 2 is 0.986 bits per heavy atom. The van der Waals surface area contributed by atoms with Crippen LogP contribution >= 0.6 is 0 Å². The molecule has 69 heavy (non-hydrogen) atoms. The van der Waals surface area contributed by atoms with Crippen LogP contribution < -0.4 is 0 Å². The van der Waals surface area contributed by atoms with Gasteiger partial charge in [-0.3, -0.25) is 0 Å². The van der Waals surface area contributed by atoms with Gasteiger partial charge in [0, 0.05) is 54.8 Å². The monoisotopic (exact) mass is 880 g/mol. The van der Waals surface area contributed by atoms with Crippen molar-refractivity contribution in [1.82, 2.24) is 19.5 Å². The van der Waals surface area contributed by atoms with E-state index in [-0.39, 0.29) is 5.41 Å². The maximum absolute atomic E-state index is 6.20. The summed E-state index contributed by atoms with van der Waals surface area (Å²) in [6, 6.07) is 74.1. The van der Waals surface area contributed by atoms with E-state index in [1.807, 2.05) is 36.4 Å². The summed E-state index contributed by atoms with van der Waals surface area (Å²) >= 11 is 0. The lowest BCUT2D eigenvalue weighted by molar-refractivity contribution is 0.662. The van der Waals surface area contributed by atoms with Crippen LogP contribution in [-0.4, -0.2) is 19.5 Å². The summed E-state index contributed by atoms with van der Waals surface area (Å²) in [5, 5.41) is 6.95. The van der Waals surface area contributed by atoms with Gasteiger partial charge in [-0.15, -0.1) is 0 Å². The molecule has 3 aromatic heterocycles. The first kappa shape index (κ1) is 38.2. The van der Waals surface area contributed by atoms with Crippen LogP contribution in [0.5, 0.6) is 0 Å². The highest BCUT2D eigenvalue weighted by Crippen LogP contribution is 2.60. The molecule has 13 aromatic rings. The van der Waals surface area contributed by atoms with Crippen molar-refractivity contribution in [3.63, 3.8) is 0 Å². The molecule has 0 radical (unpaired) electrons. The SMILES string of the molecule is CC1(C)c2ccc3c4ccccc4n4c3c2-c2c(ccc(-c3ccc5cc(-c6nc(-c7ccc(-c8ccccc8)cc7)nc(-c7ccc8oc9ccccc9c8c7)n6)ccc5c3)c21)-c1ccccc1-4. The lowest BCUT2D eigenvalue weighted by Gasteiger charge is -2.26. The van der Waals surface area contributed by atoms with Crippen LogP contribution in [0.4, 0.5) is 0 Å². The summed E-state index contributed by atoms with van der Waals surface area (Å²) in [4.78, 5) is 15.5. The quantitative estimate of drug-likeness (QED) is 0.173. The molecule has 0 atom stereocenters. The number of benzene rings is 10. The van der Waals surface area contributed by atoms with Crippen LogP contribution in [-0.2, 0) is 5.41 Å². The number of para-hydroxylation sites is 3. The van der Waals surface area contributed by atoms with E-state index < -0.39 is 0 Å². The summed E-state index contributed by atoms with van der Waals surface area (Å²) in [7, 11) is 0. The van der Waals surface area contributed by atoms with Gasteiger partial charge in [-0.25, -0.2) is 15.0 Å². The molecule has 322 valence electrons. The van der Waals surface area contributed by atoms with E-state index in [1.54, 1.807) is 0 Å². The lowest BCUT2D eigenvalue weighted by Crippen LogP contribution is -2.16. The van der Waals surface area contributed by atoms with E-state index in [0.717, 1.165) is 60.5 Å². The molecule has 5 heteroatoms. The molecular weight excluding hydrogens is 841 g/mol. The second-order valence-corrected chi connectivity index (χ2v) is 19.1. The van der Waals surface area contributed by atoms with E-state index in [4.69, 9.17) is 19.4 Å². The van der Waals surface area contributed by atoms with Gasteiger partial charge in [0.05, 0.1) is 16.7 Å². The molecule has 10 aromatic carbocycles. The molecule has 5 nitrogen and oxygen atoms in total. The minimum absolute atomic E-state index is 0.234. The molecule has 0 saturated heterocycles. The lowest BCUT2D eigenvalue weighted by atomic mass is 9.77. The van der Waals surface area contributed by atoms with Gasteiger partial charge in [-0.2, -0.15) is 0 Å². The van der Waals surface area contributed by atoms with Crippen molar-refractivity contribution in [3.8, 4) is 84.4 Å². The zero-order valence-electron chi connectivity index (χ0n) is 37.8. The van der Waals surface area contributed by atoms with Crippen molar-refractivity contribution in [2.75, 3.05) is 0 Å². The highest BCUT2D eigenvalue weighted by molar-refractivity contribution is 6.19. The molecule has 0 N–H and O–H groups in total. The Hall–Kier alpha value is -8.93. The van der Waals surface area contributed by atoms with Crippen molar-refractivity contribution in [2.24, 2.45) is 0 Å². The fraction of sp³-hybridized carbons (Fsp3) is 0.0469. The number of aromatic nitrogens is 4. The van der Waals surface area contributed by atoms with Gasteiger partial charge >= 0.3 is 0 Å². The third kappa shape index (κ3) is 5.50. The standard InChI is InChI=1S/C64H40N4O/c1-64(2)52-32-31-50-47-15-7-10-18-54(47)68-53-17-9-6-14-46(53)49-30-29-45(59(64)57(49)58(52)60(50)68)42-26-24-41-35-43(27-25-40(41)34-42)62-65-61(39-22-20-38(21-23-39)37-12-4-3-5-13-37)66-63(67-62)44-28-33-56-51(36-44)48-16-8-11-19-55(48)69-56/h3-36H,1-2H3. The molecule has 1 aliphatic heterocycles. The summed E-state index contributed by atoms with van der Waals surface area (Å²) in [6.07, 6.45) is 0. The number of nitrogens with zero attached hydrogens (tertiary/aromatic N) is 4. The normalized spacial score (nSPS) is 13.2. The van der Waals surface area contributed by atoms with Crippen LogP contribution in [0.25, 0.3) is 139 Å². The van der Waals surface area contributed by atoms with Crippen molar-refractivity contribution < 1.29 is 4.42 Å². The Morgan fingerprint density at radius 3 is 1.81 bits per heavy atom. The fourth-order valence-electron chi connectivity index (χ4n) is 11.7. The van der Waals surface area contributed by atoms with E-state index in [2.05, 4.69) is 188 Å². The molecule has 0 spiro atoms. The summed E-state index contributed by atoms with van der Waals surface area (Å²) in [5.41, 5.74) is 20.8. The average molecular weight is 881 g/mol. The Kier molecular flexibility index (Phi) is 7.78. The van der Waals surface area contributed by atoms with Crippen LogP contribution in [0.1, 0.15) is 25.0 Å². The molecule has 0 fully saturated rings. The van der Waals surface area contributed by atoms with Gasteiger partial charge in [-0.1, -0.05) is 172 Å². The second-order valence-electron chi connectivity index (χ2n) is 19.1. The van der Waals surface area contributed by atoms with Crippen molar-refractivity contribution >= 4 is 54.5 Å². The van der Waals surface area contributed by atoms with Gasteiger partial charge in [0.1, 0.15) is 11.2 Å². The molecule has 0 unspecified atom stereocenters. The van der Waals surface area contributed by atoms with E-state index in [1.165, 1.54) is 72.0 Å². The predicted octanol–water partition coefficient (Wildman–Crippen LogP) is 16.6.